The van der Waals surface area contributed by atoms with Crippen LogP contribution in [0.5, 0.6) is 5.75 Å². The van der Waals surface area contributed by atoms with E-state index in [-0.39, 0.29) is 12.5 Å². The van der Waals surface area contributed by atoms with Crippen LogP contribution in [-0.2, 0) is 11.2 Å². The largest absolute Gasteiger partial charge is 0.496 e. The number of benzene rings is 1. The van der Waals surface area contributed by atoms with Crippen molar-refractivity contribution in [1.82, 2.24) is 4.90 Å². The molecular formula is C15H24N2O2. The summed E-state index contributed by atoms with van der Waals surface area (Å²) in [5, 5.41) is 0. The average molecular weight is 264 g/mol. The number of carbonyl (C=O) groups excluding carboxylic acids is 1. The first-order chi connectivity index (χ1) is 8.99. The second-order valence-electron chi connectivity index (χ2n) is 5.00. The van der Waals surface area contributed by atoms with Crippen molar-refractivity contribution in [2.75, 3.05) is 27.2 Å². The van der Waals surface area contributed by atoms with Gasteiger partial charge in [-0.2, -0.15) is 0 Å². The van der Waals surface area contributed by atoms with E-state index in [1.54, 1.807) is 19.1 Å². The Balaban J connectivity index is 2.80. The fraction of sp³-hybridized carbons (Fsp3) is 0.533. The minimum Gasteiger partial charge on any atom is -0.496 e. The molecule has 0 aliphatic carbocycles. The number of hydrogen-bond acceptors (Lipinski definition) is 3. The van der Waals surface area contributed by atoms with E-state index in [0.29, 0.717) is 12.5 Å². The van der Waals surface area contributed by atoms with Crippen LogP contribution in [0.15, 0.2) is 18.2 Å². The molecule has 0 saturated heterocycles. The SMILES string of the molecule is COc1ccc(C(C)C)cc1CCN(C)C(=O)CN. The van der Waals surface area contributed by atoms with Gasteiger partial charge in [-0.25, -0.2) is 0 Å². The van der Waals surface area contributed by atoms with Crippen LogP contribution in [0.1, 0.15) is 30.9 Å². The number of nitrogens with zero attached hydrogens (tertiary/aromatic N) is 1. The standard InChI is InChI=1S/C15H24N2O2/c1-11(2)12-5-6-14(19-4)13(9-12)7-8-17(3)15(18)10-16/h5-6,9,11H,7-8,10,16H2,1-4H3. The Morgan fingerprint density at radius 2 is 2.11 bits per heavy atom. The van der Waals surface area contributed by atoms with Crippen LogP contribution < -0.4 is 10.5 Å². The van der Waals surface area contributed by atoms with Gasteiger partial charge in [0.2, 0.25) is 5.91 Å². The molecule has 19 heavy (non-hydrogen) atoms. The van der Waals surface area contributed by atoms with Gasteiger partial charge in [-0.15, -0.1) is 0 Å². The van der Waals surface area contributed by atoms with Crippen molar-refractivity contribution in [2.24, 2.45) is 5.73 Å². The van der Waals surface area contributed by atoms with E-state index in [0.717, 1.165) is 17.7 Å². The lowest BCUT2D eigenvalue weighted by Crippen LogP contribution is -2.34. The number of nitrogens with two attached hydrogens (primary N) is 1. The third-order valence-corrected chi connectivity index (χ3v) is 3.29. The third kappa shape index (κ3) is 4.24. The van der Waals surface area contributed by atoms with Crippen molar-refractivity contribution >= 4 is 5.91 Å². The molecule has 0 spiro atoms. The summed E-state index contributed by atoms with van der Waals surface area (Å²) in [5.74, 6) is 1.31. The molecule has 0 heterocycles. The molecule has 1 amide bonds. The summed E-state index contributed by atoms with van der Waals surface area (Å²) in [4.78, 5) is 13.1. The Kier molecular flexibility index (Phi) is 5.83. The van der Waals surface area contributed by atoms with Crippen molar-refractivity contribution < 1.29 is 9.53 Å². The van der Waals surface area contributed by atoms with Crippen molar-refractivity contribution in [3.63, 3.8) is 0 Å². The molecule has 1 rings (SSSR count). The number of amides is 1. The van der Waals surface area contributed by atoms with Crippen LogP contribution >= 0.6 is 0 Å². The van der Waals surface area contributed by atoms with E-state index in [4.69, 9.17) is 10.5 Å². The molecule has 0 fully saturated rings. The molecule has 0 saturated carbocycles. The van der Waals surface area contributed by atoms with Gasteiger partial charge in [0.05, 0.1) is 13.7 Å². The zero-order valence-corrected chi connectivity index (χ0v) is 12.3. The Labute approximate surface area is 115 Å². The van der Waals surface area contributed by atoms with Crippen molar-refractivity contribution in [3.8, 4) is 5.75 Å². The van der Waals surface area contributed by atoms with Gasteiger partial charge >= 0.3 is 0 Å². The maximum Gasteiger partial charge on any atom is 0.236 e. The van der Waals surface area contributed by atoms with Crippen LogP contribution in [0.2, 0.25) is 0 Å². The molecule has 0 atom stereocenters. The lowest BCUT2D eigenvalue weighted by Gasteiger charge is -2.18. The first kappa shape index (κ1) is 15.5. The number of methoxy groups -OCH3 is 1. The van der Waals surface area contributed by atoms with Gasteiger partial charge in [-0.3, -0.25) is 4.79 Å². The second-order valence-corrected chi connectivity index (χ2v) is 5.00. The Morgan fingerprint density at radius 1 is 1.42 bits per heavy atom. The predicted molar refractivity (Wildman–Crippen MR) is 77.5 cm³/mol. The normalized spacial score (nSPS) is 10.6. The summed E-state index contributed by atoms with van der Waals surface area (Å²) < 4.78 is 5.37. The third-order valence-electron chi connectivity index (χ3n) is 3.29. The van der Waals surface area contributed by atoms with Crippen LogP contribution in [-0.4, -0.2) is 38.1 Å². The number of carbonyl (C=O) groups is 1. The summed E-state index contributed by atoms with van der Waals surface area (Å²) in [6.07, 6.45) is 0.770. The molecule has 1 aromatic carbocycles. The summed E-state index contributed by atoms with van der Waals surface area (Å²) in [6, 6.07) is 6.24. The zero-order chi connectivity index (χ0) is 14.4. The molecule has 0 bridgehead atoms. The fourth-order valence-corrected chi connectivity index (χ4v) is 1.92. The van der Waals surface area contributed by atoms with E-state index < -0.39 is 0 Å². The van der Waals surface area contributed by atoms with E-state index in [1.807, 2.05) is 6.07 Å². The second kappa shape index (κ2) is 7.14. The lowest BCUT2D eigenvalue weighted by atomic mass is 9.99. The highest BCUT2D eigenvalue weighted by molar-refractivity contribution is 5.77. The number of hydrogen-bond donors (Lipinski definition) is 1. The van der Waals surface area contributed by atoms with Gasteiger partial charge in [-0.1, -0.05) is 26.0 Å². The van der Waals surface area contributed by atoms with E-state index in [2.05, 4.69) is 26.0 Å². The molecular weight excluding hydrogens is 240 g/mol. The highest BCUT2D eigenvalue weighted by Gasteiger charge is 2.10. The van der Waals surface area contributed by atoms with Crippen LogP contribution in [0.3, 0.4) is 0 Å². The highest BCUT2D eigenvalue weighted by Crippen LogP contribution is 2.24. The molecule has 4 heteroatoms. The predicted octanol–water partition coefficient (Wildman–Crippen LogP) is 1.78. The molecule has 0 aliphatic rings. The Bertz CT molecular complexity index is 430. The van der Waals surface area contributed by atoms with Crippen molar-refractivity contribution in [2.45, 2.75) is 26.2 Å². The first-order valence-electron chi connectivity index (χ1n) is 6.60. The number of ether oxygens (including phenoxy) is 1. The summed E-state index contributed by atoms with van der Waals surface area (Å²) in [6.45, 7) is 5.03. The van der Waals surface area contributed by atoms with Gasteiger partial charge < -0.3 is 15.4 Å². The van der Waals surface area contributed by atoms with E-state index in [1.165, 1.54) is 5.56 Å². The lowest BCUT2D eigenvalue weighted by molar-refractivity contribution is -0.128. The molecule has 4 nitrogen and oxygen atoms in total. The van der Waals surface area contributed by atoms with Crippen LogP contribution in [0.25, 0.3) is 0 Å². The number of likely N-dealkylation sites (N-methyl/N-ethyl adjacent to an activating group) is 1. The molecule has 0 radical (unpaired) electrons. The smallest absolute Gasteiger partial charge is 0.236 e. The summed E-state index contributed by atoms with van der Waals surface area (Å²) >= 11 is 0. The maximum absolute atomic E-state index is 11.4. The highest BCUT2D eigenvalue weighted by atomic mass is 16.5. The van der Waals surface area contributed by atoms with Crippen molar-refractivity contribution in [3.05, 3.63) is 29.3 Å². The molecule has 1 aromatic rings. The summed E-state index contributed by atoms with van der Waals surface area (Å²) in [5.41, 5.74) is 7.76. The molecule has 0 aliphatic heterocycles. The Morgan fingerprint density at radius 3 is 2.63 bits per heavy atom. The minimum atomic E-state index is -0.0426. The monoisotopic (exact) mass is 264 g/mol. The van der Waals surface area contributed by atoms with Gasteiger partial charge in [0, 0.05) is 13.6 Å². The maximum atomic E-state index is 11.4. The average Bonchev–Trinajstić information content (AvgIpc) is 2.43. The summed E-state index contributed by atoms with van der Waals surface area (Å²) in [7, 11) is 3.44. The minimum absolute atomic E-state index is 0.0426. The number of rotatable bonds is 6. The molecule has 2 N–H and O–H groups in total. The molecule has 0 aromatic heterocycles. The van der Waals surface area contributed by atoms with E-state index >= 15 is 0 Å². The van der Waals surface area contributed by atoms with Gasteiger partial charge in [0.25, 0.3) is 0 Å². The van der Waals surface area contributed by atoms with Crippen LogP contribution in [0, 0.1) is 0 Å². The first-order valence-corrected chi connectivity index (χ1v) is 6.60. The van der Waals surface area contributed by atoms with Gasteiger partial charge in [0.15, 0.2) is 0 Å². The quantitative estimate of drug-likeness (QED) is 0.852. The van der Waals surface area contributed by atoms with Crippen molar-refractivity contribution in [1.29, 1.82) is 0 Å². The molecule has 0 unspecified atom stereocenters. The molecule has 106 valence electrons. The van der Waals surface area contributed by atoms with Gasteiger partial charge in [0.1, 0.15) is 5.75 Å². The van der Waals surface area contributed by atoms with E-state index in [9.17, 15) is 4.79 Å². The zero-order valence-electron chi connectivity index (χ0n) is 12.3. The topological polar surface area (TPSA) is 55.6 Å². The van der Waals surface area contributed by atoms with Crippen LogP contribution in [0.4, 0.5) is 0 Å². The Hall–Kier alpha value is -1.55. The van der Waals surface area contributed by atoms with Gasteiger partial charge in [-0.05, 0) is 29.5 Å². The fourth-order valence-electron chi connectivity index (χ4n) is 1.92.